The number of carbonyl (C=O) groups is 2. The summed E-state index contributed by atoms with van der Waals surface area (Å²) in [5, 5.41) is 8.66. The Labute approximate surface area is 116 Å². The summed E-state index contributed by atoms with van der Waals surface area (Å²) in [6.45, 7) is 1.06. The quantitative estimate of drug-likeness (QED) is 0.823. The van der Waals surface area contributed by atoms with Gasteiger partial charge in [-0.25, -0.2) is 4.39 Å². The van der Waals surface area contributed by atoms with E-state index in [-0.39, 0.29) is 29.5 Å². The first-order valence-corrected chi connectivity index (χ1v) is 6.53. The molecule has 1 aromatic carbocycles. The maximum Gasteiger partial charge on any atom is 0.303 e. The van der Waals surface area contributed by atoms with Gasteiger partial charge in [-0.05, 0) is 37.0 Å². The Hall–Kier alpha value is -2.11. The molecule has 1 amide bonds. The van der Waals surface area contributed by atoms with Gasteiger partial charge < -0.3 is 15.7 Å². The molecule has 1 heterocycles. The SMILES string of the molecule is Nc1ccc(F)cc1C(=O)N1CCC(CCC(=O)O)C1. The van der Waals surface area contributed by atoms with E-state index in [4.69, 9.17) is 10.8 Å². The maximum atomic E-state index is 13.2. The van der Waals surface area contributed by atoms with Crippen molar-refractivity contribution >= 4 is 17.6 Å². The molecule has 108 valence electrons. The van der Waals surface area contributed by atoms with Crippen LogP contribution in [0.4, 0.5) is 10.1 Å². The fourth-order valence-electron chi connectivity index (χ4n) is 2.46. The number of amides is 1. The van der Waals surface area contributed by atoms with Gasteiger partial charge in [-0.2, -0.15) is 0 Å². The van der Waals surface area contributed by atoms with Crippen molar-refractivity contribution in [2.24, 2.45) is 5.92 Å². The van der Waals surface area contributed by atoms with Gasteiger partial charge >= 0.3 is 5.97 Å². The van der Waals surface area contributed by atoms with E-state index < -0.39 is 11.8 Å². The minimum Gasteiger partial charge on any atom is -0.481 e. The van der Waals surface area contributed by atoms with Crippen LogP contribution in [-0.2, 0) is 4.79 Å². The monoisotopic (exact) mass is 280 g/mol. The molecule has 1 aliphatic rings. The third-order valence-electron chi connectivity index (χ3n) is 3.59. The molecule has 0 radical (unpaired) electrons. The van der Waals surface area contributed by atoms with E-state index >= 15 is 0 Å². The molecule has 1 aliphatic heterocycles. The first kappa shape index (κ1) is 14.3. The fraction of sp³-hybridized carbons (Fsp3) is 0.429. The zero-order chi connectivity index (χ0) is 14.7. The lowest BCUT2D eigenvalue weighted by atomic mass is 10.0. The van der Waals surface area contributed by atoms with Crippen LogP contribution in [0.2, 0.25) is 0 Å². The van der Waals surface area contributed by atoms with Crippen molar-refractivity contribution in [3.05, 3.63) is 29.6 Å². The molecule has 5 nitrogen and oxygen atoms in total. The Kier molecular flexibility index (Phi) is 4.22. The highest BCUT2D eigenvalue weighted by Crippen LogP contribution is 2.24. The molecule has 0 saturated carbocycles. The van der Waals surface area contributed by atoms with Crippen LogP contribution in [0, 0.1) is 11.7 Å². The number of anilines is 1. The van der Waals surface area contributed by atoms with E-state index in [1.807, 2.05) is 0 Å². The number of nitrogens with two attached hydrogens (primary N) is 1. The van der Waals surface area contributed by atoms with Gasteiger partial charge in [-0.3, -0.25) is 9.59 Å². The summed E-state index contributed by atoms with van der Waals surface area (Å²) in [6.07, 6.45) is 1.43. The predicted octanol–water partition coefficient (Wildman–Crippen LogP) is 1.73. The van der Waals surface area contributed by atoms with Crippen LogP contribution < -0.4 is 5.73 Å². The van der Waals surface area contributed by atoms with Crippen LogP contribution in [0.3, 0.4) is 0 Å². The van der Waals surface area contributed by atoms with Gasteiger partial charge in [0.25, 0.3) is 5.91 Å². The van der Waals surface area contributed by atoms with Gasteiger partial charge in [-0.1, -0.05) is 0 Å². The molecule has 1 saturated heterocycles. The average Bonchev–Trinajstić information content (AvgIpc) is 2.87. The molecule has 6 heteroatoms. The molecule has 0 spiro atoms. The van der Waals surface area contributed by atoms with Crippen LogP contribution in [0.1, 0.15) is 29.6 Å². The van der Waals surface area contributed by atoms with Crippen molar-refractivity contribution in [2.75, 3.05) is 18.8 Å². The Bertz CT molecular complexity index is 533. The number of carboxylic acids is 1. The summed E-state index contributed by atoms with van der Waals surface area (Å²) in [4.78, 5) is 24.4. The number of nitrogens with zero attached hydrogens (tertiary/aromatic N) is 1. The first-order chi connectivity index (χ1) is 9.47. The van der Waals surface area contributed by atoms with Crippen molar-refractivity contribution < 1.29 is 19.1 Å². The molecule has 0 aromatic heterocycles. The molecule has 1 fully saturated rings. The van der Waals surface area contributed by atoms with Crippen LogP contribution in [-0.4, -0.2) is 35.0 Å². The molecular weight excluding hydrogens is 263 g/mol. The summed E-state index contributed by atoms with van der Waals surface area (Å²) in [5.41, 5.74) is 6.12. The van der Waals surface area contributed by atoms with Crippen molar-refractivity contribution in [3.63, 3.8) is 0 Å². The Morgan fingerprint density at radius 1 is 1.45 bits per heavy atom. The first-order valence-electron chi connectivity index (χ1n) is 6.53. The molecule has 1 unspecified atom stereocenters. The summed E-state index contributed by atoms with van der Waals surface area (Å²) in [5.74, 6) is -1.43. The lowest BCUT2D eigenvalue weighted by Gasteiger charge is -2.17. The van der Waals surface area contributed by atoms with Crippen molar-refractivity contribution in [2.45, 2.75) is 19.3 Å². The predicted molar refractivity (Wildman–Crippen MR) is 71.7 cm³/mol. The molecular formula is C14H17FN2O3. The molecule has 2 rings (SSSR count). The van der Waals surface area contributed by atoms with E-state index in [2.05, 4.69) is 0 Å². The molecule has 3 N–H and O–H groups in total. The number of aliphatic carboxylic acids is 1. The molecule has 1 atom stereocenters. The Morgan fingerprint density at radius 2 is 2.20 bits per heavy atom. The number of nitrogen functional groups attached to an aromatic ring is 1. The largest absolute Gasteiger partial charge is 0.481 e. The Balaban J connectivity index is 2.00. The van der Waals surface area contributed by atoms with E-state index in [1.165, 1.54) is 12.1 Å². The van der Waals surface area contributed by atoms with Crippen molar-refractivity contribution in [1.29, 1.82) is 0 Å². The number of hydrogen-bond acceptors (Lipinski definition) is 3. The number of rotatable bonds is 4. The topological polar surface area (TPSA) is 83.6 Å². The van der Waals surface area contributed by atoms with E-state index in [9.17, 15) is 14.0 Å². The minimum atomic E-state index is -0.829. The van der Waals surface area contributed by atoms with E-state index in [0.717, 1.165) is 12.5 Å². The standard InChI is InChI=1S/C14H17FN2O3/c15-10-2-3-12(16)11(7-10)14(20)17-6-5-9(8-17)1-4-13(18)19/h2-3,7,9H,1,4-6,8,16H2,(H,18,19). The second-order valence-electron chi connectivity index (χ2n) is 5.07. The van der Waals surface area contributed by atoms with Gasteiger partial charge in [0, 0.05) is 25.2 Å². The van der Waals surface area contributed by atoms with Crippen molar-refractivity contribution in [3.8, 4) is 0 Å². The lowest BCUT2D eigenvalue weighted by molar-refractivity contribution is -0.137. The van der Waals surface area contributed by atoms with Gasteiger partial charge in [0.15, 0.2) is 0 Å². The van der Waals surface area contributed by atoms with Gasteiger partial charge in [0.2, 0.25) is 0 Å². The Morgan fingerprint density at radius 3 is 2.90 bits per heavy atom. The minimum absolute atomic E-state index is 0.106. The lowest BCUT2D eigenvalue weighted by Crippen LogP contribution is -2.29. The number of carboxylic acid groups (broad SMARTS) is 1. The summed E-state index contributed by atoms with van der Waals surface area (Å²) >= 11 is 0. The summed E-state index contributed by atoms with van der Waals surface area (Å²) in [6, 6.07) is 3.73. The molecule has 20 heavy (non-hydrogen) atoms. The zero-order valence-corrected chi connectivity index (χ0v) is 11.0. The van der Waals surface area contributed by atoms with E-state index in [1.54, 1.807) is 4.90 Å². The zero-order valence-electron chi connectivity index (χ0n) is 11.0. The summed E-state index contributed by atoms with van der Waals surface area (Å²) < 4.78 is 13.2. The van der Waals surface area contributed by atoms with Gasteiger partial charge in [0.1, 0.15) is 5.82 Å². The number of halogens is 1. The van der Waals surface area contributed by atoms with Gasteiger partial charge in [-0.15, -0.1) is 0 Å². The number of carbonyl (C=O) groups excluding carboxylic acids is 1. The van der Waals surface area contributed by atoms with E-state index in [0.29, 0.717) is 19.5 Å². The molecule has 1 aromatic rings. The highest BCUT2D eigenvalue weighted by molar-refractivity contribution is 5.99. The number of benzene rings is 1. The van der Waals surface area contributed by atoms with Gasteiger partial charge in [0.05, 0.1) is 5.56 Å². The highest BCUT2D eigenvalue weighted by atomic mass is 19.1. The van der Waals surface area contributed by atoms with Crippen LogP contribution in [0.5, 0.6) is 0 Å². The van der Waals surface area contributed by atoms with Crippen molar-refractivity contribution in [1.82, 2.24) is 4.90 Å². The molecule has 0 bridgehead atoms. The second kappa shape index (κ2) is 5.90. The maximum absolute atomic E-state index is 13.2. The fourth-order valence-corrected chi connectivity index (χ4v) is 2.46. The third kappa shape index (κ3) is 3.26. The van der Waals surface area contributed by atoms with Crippen LogP contribution >= 0.6 is 0 Å². The normalized spacial score (nSPS) is 18.2. The number of hydrogen-bond donors (Lipinski definition) is 2. The smallest absolute Gasteiger partial charge is 0.303 e. The van der Waals surface area contributed by atoms with Crippen LogP contribution in [0.25, 0.3) is 0 Å². The van der Waals surface area contributed by atoms with Crippen LogP contribution in [0.15, 0.2) is 18.2 Å². The average molecular weight is 280 g/mol. The highest BCUT2D eigenvalue weighted by Gasteiger charge is 2.28. The third-order valence-corrected chi connectivity index (χ3v) is 3.59. The second-order valence-corrected chi connectivity index (χ2v) is 5.07. The molecule has 0 aliphatic carbocycles. The number of likely N-dealkylation sites (tertiary alicyclic amines) is 1. The summed E-state index contributed by atoms with van der Waals surface area (Å²) in [7, 11) is 0.